The molecule has 3 amide bonds. The summed E-state index contributed by atoms with van der Waals surface area (Å²) in [7, 11) is 0. The number of benzene rings is 3. The summed E-state index contributed by atoms with van der Waals surface area (Å²) in [6, 6.07) is 7.97. The quantitative estimate of drug-likeness (QED) is 0.391. The number of urea groups is 1. The molecule has 2 aliphatic rings. The van der Waals surface area contributed by atoms with Crippen molar-refractivity contribution in [2.75, 3.05) is 16.8 Å². The molecule has 3 aromatic carbocycles. The maximum absolute atomic E-state index is 14.1. The van der Waals surface area contributed by atoms with E-state index in [2.05, 4.69) is 26.6 Å². The molecule has 33 heavy (non-hydrogen) atoms. The Kier molecular flexibility index (Phi) is 5.55. The summed E-state index contributed by atoms with van der Waals surface area (Å²) >= 11 is 15.8. The van der Waals surface area contributed by atoms with Gasteiger partial charge in [0.15, 0.2) is 0 Å². The van der Waals surface area contributed by atoms with Gasteiger partial charge in [-0.1, -0.05) is 39.1 Å². The number of carbonyl (C=O) groups excluding carboxylic acids is 2. The van der Waals surface area contributed by atoms with E-state index in [9.17, 15) is 18.4 Å². The second-order valence-corrected chi connectivity index (χ2v) is 9.41. The summed E-state index contributed by atoms with van der Waals surface area (Å²) in [6.07, 6.45) is 0.605. The zero-order valence-corrected chi connectivity index (χ0v) is 19.8. The largest absolute Gasteiger partial charge is 0.327 e. The van der Waals surface area contributed by atoms with Crippen LogP contribution in [0, 0.1) is 11.6 Å². The molecular weight excluding hydrogens is 539 g/mol. The minimum Gasteiger partial charge on any atom is -0.327 e. The molecule has 5 nitrogen and oxygen atoms in total. The van der Waals surface area contributed by atoms with Gasteiger partial charge in [0.25, 0.3) is 5.91 Å². The number of hydrogen-bond donors (Lipinski definition) is 2. The molecule has 0 aromatic heterocycles. The van der Waals surface area contributed by atoms with Crippen LogP contribution in [0.25, 0.3) is 0 Å². The van der Waals surface area contributed by atoms with Gasteiger partial charge in [-0.25, -0.2) is 13.6 Å². The predicted octanol–water partition coefficient (Wildman–Crippen LogP) is 6.46. The van der Waals surface area contributed by atoms with E-state index >= 15 is 0 Å². The predicted molar refractivity (Wildman–Crippen MR) is 126 cm³/mol. The summed E-state index contributed by atoms with van der Waals surface area (Å²) in [5.41, 5.74) is 2.83. The van der Waals surface area contributed by atoms with E-state index < -0.39 is 23.6 Å². The molecule has 1 unspecified atom stereocenters. The zero-order chi connectivity index (χ0) is 23.4. The summed E-state index contributed by atoms with van der Waals surface area (Å²) in [4.78, 5) is 27.4. The molecular formula is C23H14BrCl2F2N3O2. The third-order valence-corrected chi connectivity index (χ3v) is 6.96. The fraction of sp³-hybridized carbons (Fsp3) is 0.130. The van der Waals surface area contributed by atoms with E-state index in [1.54, 1.807) is 11.0 Å². The highest BCUT2D eigenvalue weighted by molar-refractivity contribution is 9.10. The molecule has 5 rings (SSSR count). The van der Waals surface area contributed by atoms with Crippen LogP contribution in [0.2, 0.25) is 10.0 Å². The van der Waals surface area contributed by atoms with Gasteiger partial charge in [-0.3, -0.25) is 9.69 Å². The van der Waals surface area contributed by atoms with Crippen molar-refractivity contribution in [3.63, 3.8) is 0 Å². The van der Waals surface area contributed by atoms with Gasteiger partial charge in [-0.05, 0) is 54.4 Å². The van der Waals surface area contributed by atoms with Gasteiger partial charge in [0.05, 0.1) is 11.7 Å². The molecule has 2 heterocycles. The van der Waals surface area contributed by atoms with E-state index in [4.69, 9.17) is 23.2 Å². The van der Waals surface area contributed by atoms with E-state index in [1.807, 2.05) is 0 Å². The van der Waals surface area contributed by atoms with Crippen molar-refractivity contribution in [3.05, 3.63) is 90.9 Å². The third-order valence-electron chi connectivity index (χ3n) is 5.69. The van der Waals surface area contributed by atoms with Gasteiger partial charge in [0.2, 0.25) is 0 Å². The average molecular weight is 553 g/mol. The Morgan fingerprint density at radius 1 is 1.12 bits per heavy atom. The zero-order valence-electron chi connectivity index (χ0n) is 16.7. The molecule has 2 aliphatic heterocycles. The highest BCUT2D eigenvalue weighted by Crippen LogP contribution is 2.48. The first-order valence-electron chi connectivity index (χ1n) is 9.88. The average Bonchev–Trinajstić information content (AvgIpc) is 3.20. The maximum Gasteiger partial charge on any atom is 0.322 e. The molecule has 0 fully saturated rings. The number of nitrogens with zero attached hydrogens (tertiary/aromatic N) is 1. The number of amides is 3. The monoisotopic (exact) mass is 551 g/mol. The molecule has 3 aromatic rings. The molecule has 0 saturated carbocycles. The lowest BCUT2D eigenvalue weighted by Crippen LogP contribution is -2.46. The Labute approximate surface area is 205 Å². The normalized spacial score (nSPS) is 16.5. The van der Waals surface area contributed by atoms with Crippen LogP contribution in [0.5, 0.6) is 0 Å². The van der Waals surface area contributed by atoms with Crippen molar-refractivity contribution in [1.82, 2.24) is 5.32 Å². The van der Waals surface area contributed by atoms with Crippen molar-refractivity contribution in [3.8, 4) is 0 Å². The lowest BCUT2D eigenvalue weighted by Gasteiger charge is -2.35. The molecule has 0 aliphatic carbocycles. The summed E-state index contributed by atoms with van der Waals surface area (Å²) in [5, 5.41) is 6.01. The SMILES string of the molecule is O=C(Nc1cc(Br)c2c3c1C(c1cc(F)ccc1Cl)NC(=O)N3CC2)c1cc(F)cc(Cl)c1. The van der Waals surface area contributed by atoms with Gasteiger partial charge in [-0.2, -0.15) is 0 Å². The Morgan fingerprint density at radius 2 is 1.91 bits per heavy atom. The van der Waals surface area contributed by atoms with Crippen LogP contribution in [0.4, 0.5) is 25.0 Å². The summed E-state index contributed by atoms with van der Waals surface area (Å²) < 4.78 is 28.6. The number of carbonyl (C=O) groups is 2. The fourth-order valence-electron chi connectivity index (χ4n) is 4.30. The van der Waals surface area contributed by atoms with E-state index in [-0.39, 0.29) is 21.6 Å². The first kappa shape index (κ1) is 22.1. The van der Waals surface area contributed by atoms with Crippen molar-refractivity contribution < 1.29 is 18.4 Å². The molecule has 0 radical (unpaired) electrons. The van der Waals surface area contributed by atoms with Crippen LogP contribution < -0.4 is 15.5 Å². The summed E-state index contributed by atoms with van der Waals surface area (Å²) in [6.45, 7) is 0.452. The van der Waals surface area contributed by atoms with Gasteiger partial charge in [0, 0.05) is 43.4 Å². The second-order valence-electron chi connectivity index (χ2n) is 7.71. The van der Waals surface area contributed by atoms with Gasteiger partial charge in [-0.15, -0.1) is 0 Å². The Bertz CT molecular complexity index is 1330. The van der Waals surface area contributed by atoms with Crippen LogP contribution in [0.3, 0.4) is 0 Å². The molecule has 0 spiro atoms. The first-order chi connectivity index (χ1) is 15.7. The topological polar surface area (TPSA) is 61.4 Å². The molecule has 2 N–H and O–H groups in total. The number of hydrogen-bond acceptors (Lipinski definition) is 2. The standard InChI is InChI=1S/C23H14BrCl2F2N3O2/c24-16-9-18(29-22(32)10-5-11(25)7-13(28)6-10)19-20(15-8-12(27)1-2-17(15)26)30-23(33)31-4-3-14(16)21(19)31/h1-2,5-9,20H,3-4H2,(H,29,32)(H,30,33). The van der Waals surface area contributed by atoms with Crippen molar-refractivity contribution in [1.29, 1.82) is 0 Å². The number of halogens is 5. The van der Waals surface area contributed by atoms with Crippen LogP contribution in [-0.4, -0.2) is 18.5 Å². The van der Waals surface area contributed by atoms with E-state index in [1.165, 1.54) is 24.3 Å². The minimum absolute atomic E-state index is 0.0286. The Balaban J connectivity index is 1.68. The molecule has 0 bridgehead atoms. The Hall–Kier alpha value is -2.68. The highest BCUT2D eigenvalue weighted by atomic mass is 79.9. The van der Waals surface area contributed by atoms with Crippen molar-refractivity contribution in [2.45, 2.75) is 12.5 Å². The first-order valence-corrected chi connectivity index (χ1v) is 11.4. The Morgan fingerprint density at radius 3 is 2.67 bits per heavy atom. The van der Waals surface area contributed by atoms with Crippen molar-refractivity contribution in [2.24, 2.45) is 0 Å². The lowest BCUT2D eigenvalue weighted by atomic mass is 9.91. The molecule has 168 valence electrons. The van der Waals surface area contributed by atoms with Crippen molar-refractivity contribution >= 4 is 62.4 Å². The lowest BCUT2D eigenvalue weighted by molar-refractivity contribution is 0.102. The molecule has 1 atom stereocenters. The van der Waals surface area contributed by atoms with Crippen LogP contribution in [0.1, 0.15) is 33.1 Å². The molecule has 0 saturated heterocycles. The fourth-order valence-corrected chi connectivity index (χ4v) is 5.36. The van der Waals surface area contributed by atoms with E-state index in [0.717, 1.165) is 17.7 Å². The second kappa shape index (κ2) is 8.27. The number of rotatable bonds is 3. The summed E-state index contributed by atoms with van der Waals surface area (Å²) in [5.74, 6) is -1.75. The van der Waals surface area contributed by atoms with Crippen LogP contribution in [-0.2, 0) is 6.42 Å². The van der Waals surface area contributed by atoms with Crippen LogP contribution >= 0.6 is 39.1 Å². The van der Waals surface area contributed by atoms with Crippen LogP contribution in [0.15, 0.2) is 46.9 Å². The number of nitrogens with one attached hydrogen (secondary N) is 2. The van der Waals surface area contributed by atoms with Gasteiger partial charge < -0.3 is 10.6 Å². The third kappa shape index (κ3) is 3.86. The minimum atomic E-state index is -0.816. The van der Waals surface area contributed by atoms with Gasteiger partial charge in [0.1, 0.15) is 11.6 Å². The smallest absolute Gasteiger partial charge is 0.322 e. The number of anilines is 2. The highest BCUT2D eigenvalue weighted by Gasteiger charge is 2.40. The maximum atomic E-state index is 14.1. The molecule has 10 heteroatoms. The van der Waals surface area contributed by atoms with E-state index in [0.29, 0.717) is 39.9 Å². The van der Waals surface area contributed by atoms with Gasteiger partial charge >= 0.3 is 6.03 Å².